The predicted octanol–water partition coefficient (Wildman–Crippen LogP) is 0.618. The number of esters is 1. The number of aliphatic hydroxyl groups is 3. The Balaban J connectivity index is 1.50. The molecule has 0 aromatic heterocycles. The van der Waals surface area contributed by atoms with Crippen LogP contribution in [0.25, 0.3) is 0 Å². The third kappa shape index (κ3) is 3.46. The van der Waals surface area contributed by atoms with Crippen LogP contribution in [0.2, 0.25) is 0 Å². The van der Waals surface area contributed by atoms with Gasteiger partial charge in [-0.1, -0.05) is 30.3 Å². The zero-order valence-electron chi connectivity index (χ0n) is 26.4. The number of hydrogen-bond acceptors (Lipinski definition) is 11. The molecule has 7 unspecified atom stereocenters. The van der Waals surface area contributed by atoms with Gasteiger partial charge in [0, 0.05) is 83.0 Å². The topological polar surface area (TPSA) is 136 Å². The summed E-state index contributed by atoms with van der Waals surface area (Å²) in [6, 6.07) is 9.47. The lowest BCUT2D eigenvalue weighted by atomic mass is 9.42. The third-order valence-electron chi connectivity index (χ3n) is 12.9. The van der Waals surface area contributed by atoms with E-state index in [9.17, 15) is 20.1 Å². The van der Waals surface area contributed by atoms with E-state index < -0.39 is 76.5 Å². The van der Waals surface area contributed by atoms with Crippen LogP contribution < -0.4 is 0 Å². The quantitative estimate of drug-likeness (QED) is 0.337. The van der Waals surface area contributed by atoms with Crippen molar-refractivity contribution in [3.63, 3.8) is 0 Å². The standard InChI is InChI=1S/C33H47NO10/c1-17(35)44-33-22-19(13-31(38,29(42-6)27(33)37)28(22)43-14-18-10-8-7-9-11-18)32-21(40-4)12-20(36)30(16-39-3)15-34(2)26(32)23(33)24(41-5)25(30)32/h7-11,19-29,36-38H,12-16H2,1-6H3/t19?,20-,21+,22?,23?,24?,25?,26?,27+,28?,29+,30+,31-,32+,33-/m1/s1. The predicted molar refractivity (Wildman–Crippen MR) is 155 cm³/mol. The van der Waals surface area contributed by atoms with Crippen LogP contribution in [0.3, 0.4) is 0 Å². The molecule has 11 nitrogen and oxygen atoms in total. The lowest BCUT2D eigenvalue weighted by Crippen LogP contribution is -2.81. The minimum Gasteiger partial charge on any atom is -0.455 e. The number of rotatable bonds is 9. The van der Waals surface area contributed by atoms with Crippen LogP contribution in [0.4, 0.5) is 0 Å². The van der Waals surface area contributed by atoms with E-state index in [2.05, 4.69) is 4.90 Å². The molecule has 1 aromatic carbocycles. The molecule has 3 N–H and O–H groups in total. The zero-order chi connectivity index (χ0) is 31.4. The molecule has 11 heteroatoms. The number of carbonyl (C=O) groups is 1. The Labute approximate surface area is 258 Å². The van der Waals surface area contributed by atoms with Gasteiger partial charge < -0.3 is 48.6 Å². The molecule has 44 heavy (non-hydrogen) atoms. The molecule has 6 fully saturated rings. The van der Waals surface area contributed by atoms with Crippen molar-refractivity contribution in [2.45, 2.75) is 80.2 Å². The van der Waals surface area contributed by atoms with Gasteiger partial charge in [0.15, 0.2) is 5.60 Å². The van der Waals surface area contributed by atoms with Crippen LogP contribution in [0.1, 0.15) is 25.3 Å². The minimum absolute atomic E-state index is 0.220. The molecule has 5 saturated carbocycles. The average Bonchev–Trinajstić information content (AvgIpc) is 3.39. The first-order valence-corrected chi connectivity index (χ1v) is 15.8. The van der Waals surface area contributed by atoms with Crippen molar-refractivity contribution < 1.29 is 48.5 Å². The monoisotopic (exact) mass is 617 g/mol. The molecular weight excluding hydrogens is 570 g/mol. The third-order valence-corrected chi connectivity index (χ3v) is 12.9. The highest BCUT2D eigenvalue weighted by atomic mass is 16.6. The molecule has 15 atom stereocenters. The van der Waals surface area contributed by atoms with Gasteiger partial charge in [0.1, 0.15) is 17.8 Å². The molecule has 7 rings (SSSR count). The smallest absolute Gasteiger partial charge is 0.303 e. The van der Waals surface area contributed by atoms with Gasteiger partial charge in [0.25, 0.3) is 0 Å². The second kappa shape index (κ2) is 10.4. The van der Waals surface area contributed by atoms with Crippen molar-refractivity contribution in [2.24, 2.45) is 34.5 Å². The van der Waals surface area contributed by atoms with Crippen LogP contribution in [-0.4, -0.2) is 129 Å². The van der Waals surface area contributed by atoms with Crippen molar-refractivity contribution in [3.8, 4) is 0 Å². The number of hydrogen-bond donors (Lipinski definition) is 3. The molecule has 1 saturated heterocycles. The fourth-order valence-electron chi connectivity index (χ4n) is 12.3. The van der Waals surface area contributed by atoms with Crippen LogP contribution in [0.15, 0.2) is 30.3 Å². The van der Waals surface area contributed by atoms with Crippen LogP contribution >= 0.6 is 0 Å². The van der Waals surface area contributed by atoms with Gasteiger partial charge in [-0.25, -0.2) is 0 Å². The number of piperidine rings is 1. The van der Waals surface area contributed by atoms with Gasteiger partial charge in [-0.2, -0.15) is 0 Å². The van der Waals surface area contributed by atoms with Crippen molar-refractivity contribution in [2.75, 3.05) is 48.6 Å². The van der Waals surface area contributed by atoms with Gasteiger partial charge in [0.2, 0.25) is 0 Å². The summed E-state index contributed by atoms with van der Waals surface area (Å²) < 4.78 is 37.9. The van der Waals surface area contributed by atoms with Crippen molar-refractivity contribution in [1.82, 2.24) is 4.90 Å². The Hall–Kier alpha value is -1.67. The number of likely N-dealkylation sites (tertiary alicyclic amines) is 1. The molecule has 7 bridgehead atoms. The molecule has 1 heterocycles. The summed E-state index contributed by atoms with van der Waals surface area (Å²) in [7, 11) is 8.48. The Morgan fingerprint density at radius 2 is 1.75 bits per heavy atom. The van der Waals surface area contributed by atoms with E-state index in [1.165, 1.54) is 14.0 Å². The van der Waals surface area contributed by atoms with Crippen molar-refractivity contribution in [3.05, 3.63) is 35.9 Å². The maximum absolute atomic E-state index is 13.2. The number of aliphatic hydroxyl groups excluding tert-OH is 2. The van der Waals surface area contributed by atoms with Crippen LogP contribution in [0, 0.1) is 34.5 Å². The van der Waals surface area contributed by atoms with E-state index >= 15 is 0 Å². The summed E-state index contributed by atoms with van der Waals surface area (Å²) in [5, 5.41) is 37.1. The maximum atomic E-state index is 13.2. The van der Waals surface area contributed by atoms with Gasteiger partial charge >= 0.3 is 5.97 Å². The Morgan fingerprint density at radius 3 is 2.36 bits per heavy atom. The lowest BCUT2D eigenvalue weighted by Gasteiger charge is -2.70. The van der Waals surface area contributed by atoms with Gasteiger partial charge in [-0.15, -0.1) is 0 Å². The molecular formula is C33H47NO10. The number of ether oxygens (including phenoxy) is 6. The summed E-state index contributed by atoms with van der Waals surface area (Å²) in [6.07, 6.45) is -4.37. The molecule has 0 amide bonds. The van der Waals surface area contributed by atoms with Crippen molar-refractivity contribution >= 4 is 5.97 Å². The van der Waals surface area contributed by atoms with E-state index in [4.69, 9.17) is 28.4 Å². The summed E-state index contributed by atoms with van der Waals surface area (Å²) in [5.74, 6) is -2.32. The average molecular weight is 618 g/mol. The van der Waals surface area contributed by atoms with E-state index in [1.54, 1.807) is 21.3 Å². The summed E-state index contributed by atoms with van der Waals surface area (Å²) in [4.78, 5) is 15.4. The van der Waals surface area contributed by atoms with E-state index in [0.717, 1.165) is 5.56 Å². The largest absolute Gasteiger partial charge is 0.455 e. The van der Waals surface area contributed by atoms with E-state index in [0.29, 0.717) is 19.6 Å². The SMILES string of the molecule is COC[C@]12CN(C)C3C4C(OC)C1[C@]3(C1C[C@@]3(O)C(OCc5ccccc5)C1[C@]4(OC(C)=O)[C@@H](O)[C@@H]3OC)[C@@H](OC)C[C@H]2O. The van der Waals surface area contributed by atoms with Gasteiger partial charge in [-0.05, 0) is 24.9 Å². The first-order valence-electron chi connectivity index (χ1n) is 15.8. The highest BCUT2D eigenvalue weighted by molar-refractivity contribution is 5.67. The highest BCUT2D eigenvalue weighted by Crippen LogP contribution is 2.80. The van der Waals surface area contributed by atoms with E-state index in [-0.39, 0.29) is 30.9 Å². The first-order chi connectivity index (χ1) is 21.0. The van der Waals surface area contributed by atoms with Gasteiger partial charge in [-0.3, -0.25) is 4.79 Å². The highest BCUT2D eigenvalue weighted by Gasteiger charge is 2.91. The fourth-order valence-corrected chi connectivity index (χ4v) is 12.3. The Kier molecular flexibility index (Phi) is 7.33. The number of fused-ring (bicyclic) bond motifs is 2. The second-order valence-electron chi connectivity index (χ2n) is 14.3. The Bertz CT molecular complexity index is 1270. The first kappa shape index (κ1) is 31.0. The molecule has 6 aliphatic rings. The Morgan fingerprint density at radius 1 is 1.02 bits per heavy atom. The van der Waals surface area contributed by atoms with Crippen LogP contribution in [0.5, 0.6) is 0 Å². The van der Waals surface area contributed by atoms with E-state index in [1.807, 2.05) is 37.4 Å². The number of benzene rings is 1. The number of methoxy groups -OCH3 is 4. The van der Waals surface area contributed by atoms with Crippen molar-refractivity contribution in [1.29, 1.82) is 0 Å². The fraction of sp³-hybridized carbons (Fsp3) is 0.788. The second-order valence-corrected chi connectivity index (χ2v) is 14.3. The lowest BCUT2D eigenvalue weighted by molar-refractivity contribution is -0.327. The molecule has 1 spiro atoms. The summed E-state index contributed by atoms with van der Waals surface area (Å²) >= 11 is 0. The normalized spacial score (nSPS) is 51.8. The minimum atomic E-state index is -1.59. The molecule has 244 valence electrons. The molecule has 5 aliphatic carbocycles. The summed E-state index contributed by atoms with van der Waals surface area (Å²) in [5.41, 5.74) is -3.55. The summed E-state index contributed by atoms with van der Waals surface area (Å²) in [6.45, 7) is 2.40. The van der Waals surface area contributed by atoms with Gasteiger partial charge in [0.05, 0.1) is 37.6 Å². The zero-order valence-corrected chi connectivity index (χ0v) is 26.4. The number of nitrogens with zero attached hydrogens (tertiary/aromatic N) is 1. The molecule has 1 aromatic rings. The number of carbonyl (C=O) groups excluding carboxylic acids is 1. The molecule has 1 aliphatic heterocycles. The maximum Gasteiger partial charge on any atom is 0.303 e. The molecule has 0 radical (unpaired) electrons. The van der Waals surface area contributed by atoms with Crippen LogP contribution in [-0.2, 0) is 39.8 Å².